The summed E-state index contributed by atoms with van der Waals surface area (Å²) in [7, 11) is -15.5. The van der Waals surface area contributed by atoms with E-state index >= 15 is 0 Å². The van der Waals surface area contributed by atoms with Crippen molar-refractivity contribution in [3.8, 4) is 74.4 Å². The quantitative estimate of drug-likeness (QED) is 0.00625. The zero-order valence-corrected chi connectivity index (χ0v) is 86.2. The van der Waals surface area contributed by atoms with Crippen molar-refractivity contribution in [1.82, 2.24) is 35.3 Å². The van der Waals surface area contributed by atoms with Crippen LogP contribution in [0.2, 0.25) is 5.02 Å². The number of carbonyl (C=O) groups is 7. The Labute approximate surface area is 863 Å². The average molecular weight is 2200 g/mol. The number of carbonyl (C=O) groups excluding carboxylic acids is 7. The zero-order valence-electron chi connectivity index (χ0n) is 81.3. The molecular weight excluding hydrogens is 2090 g/mol. The summed E-state index contributed by atoms with van der Waals surface area (Å²) in [6, 6.07) is 53.0. The summed E-state index contributed by atoms with van der Waals surface area (Å²) in [6.45, 7) is 13.3. The number of benzene rings is 9. The number of alkyl halides is 5. The number of halogens is 7. The maximum atomic E-state index is 13.2. The summed E-state index contributed by atoms with van der Waals surface area (Å²) < 4.78 is 232. The number of thioether (sulfide) groups is 1. The highest BCUT2D eigenvalue weighted by molar-refractivity contribution is 8.01. The molecule has 10 aromatic rings. The molecule has 1 aromatic heterocycles. The van der Waals surface area contributed by atoms with Gasteiger partial charge in [-0.05, 0) is 266 Å². The van der Waals surface area contributed by atoms with Gasteiger partial charge in [0.25, 0.3) is 5.91 Å². The summed E-state index contributed by atoms with van der Waals surface area (Å²) in [6.07, 6.45) is -4.88. The molecule has 4 aliphatic rings. The van der Waals surface area contributed by atoms with Crippen LogP contribution < -0.4 is 44.1 Å². The van der Waals surface area contributed by atoms with Crippen molar-refractivity contribution in [2.24, 2.45) is 16.2 Å². The number of amides is 6. The number of pyridine rings is 1. The number of aliphatic hydroxyl groups is 1. The third kappa shape index (κ3) is 33.8. The van der Waals surface area contributed by atoms with Crippen LogP contribution in [0.3, 0.4) is 0 Å². The molecule has 5 heterocycles. The molecule has 0 bridgehead atoms. The second-order valence-corrected chi connectivity index (χ2v) is 46.2. The molecule has 802 valence electrons. The van der Waals surface area contributed by atoms with Crippen LogP contribution >= 0.6 is 23.4 Å². The number of Topliss-reactive ketones (excluding diaryl/α,β-unsaturated/α-hetero) is 1. The fraction of sp³-hybridized carbons (Fsp3) is 0.340. The van der Waals surface area contributed by atoms with Gasteiger partial charge in [-0.25, -0.2) is 59.1 Å². The van der Waals surface area contributed by atoms with E-state index in [4.69, 9.17) is 59.9 Å². The van der Waals surface area contributed by atoms with Gasteiger partial charge in [0.05, 0.1) is 66.2 Å². The lowest BCUT2D eigenvalue weighted by Gasteiger charge is -2.43. The minimum atomic E-state index is -4.81. The van der Waals surface area contributed by atoms with Gasteiger partial charge in [-0.2, -0.15) is 24.8 Å². The lowest BCUT2D eigenvalue weighted by Crippen LogP contribution is -2.61. The van der Waals surface area contributed by atoms with Gasteiger partial charge in [0.1, 0.15) is 107 Å². The molecule has 14 rings (SSSR count). The number of nitrogens with zero attached hydrogens (tertiary/aromatic N) is 5. The SMILES string of the molecule is CC(C)(CS(=O)(=O)c1ccc(Oc2ccc(F)cc2)cc1)C(=O)NO.CC(F)(F)Oc1ccc(-c2ccc(OC[C@H](CN3C(=O)CC(C)(C)C3=O)N(O)C=O)cc2)cc1.CC1(C)OC[C@H]([C@@H](CS(=O)(=O)c2ccc(Oc3ccc(OC(F)(F)F)cc3)cc2)N(O)C=O)O1.CC1(C)SCCN(S(=O)(=O)c2ccc(Oc3ccncc3)cc2)[C@H]1C(=O)NO.O=C(CO)C1(CS(=O)(=O)c2cccc(Oc3ccc(Cl)cc3)c2)CCOCC1. The monoisotopic (exact) mass is 2200 g/mol. The Kier molecular flexibility index (Phi) is 40.1. The Morgan fingerprint density at radius 3 is 1.52 bits per heavy atom. The molecule has 49 heteroatoms. The fourth-order valence-corrected chi connectivity index (χ4v) is 23.8. The summed E-state index contributed by atoms with van der Waals surface area (Å²) in [5.74, 6) is -1.81. The molecule has 4 atom stereocenters. The zero-order chi connectivity index (χ0) is 109. The van der Waals surface area contributed by atoms with Gasteiger partial charge in [-0.3, -0.25) is 64.3 Å². The number of aromatic nitrogens is 1. The molecule has 4 aliphatic heterocycles. The predicted molar refractivity (Wildman–Crippen MR) is 525 cm³/mol. The second-order valence-electron chi connectivity index (χ2n) is 36.2. The van der Waals surface area contributed by atoms with Crippen LogP contribution in [0.5, 0.6) is 63.2 Å². The number of aliphatic hydroxyl groups excluding tert-OH is 1. The number of hydrogen-bond donors (Lipinski definition) is 7. The molecule has 6 amide bonds. The molecule has 0 unspecified atom stereocenters. The highest BCUT2D eigenvalue weighted by Crippen LogP contribution is 2.42. The number of ether oxygens (including phenoxy) is 10. The van der Waals surface area contributed by atoms with Crippen LogP contribution in [0.25, 0.3) is 11.1 Å². The van der Waals surface area contributed by atoms with E-state index in [-0.39, 0.29) is 124 Å². The number of sulfonamides is 1. The van der Waals surface area contributed by atoms with Crippen molar-refractivity contribution in [3.63, 3.8) is 0 Å². The van der Waals surface area contributed by atoms with Crippen molar-refractivity contribution in [3.05, 3.63) is 254 Å². The topological polar surface area (TPSA) is 499 Å². The van der Waals surface area contributed by atoms with Crippen LogP contribution in [0.15, 0.2) is 262 Å². The van der Waals surface area contributed by atoms with Crippen LogP contribution in [0, 0.1) is 22.1 Å². The summed E-state index contributed by atoms with van der Waals surface area (Å²) in [5, 5.41) is 48.2. The van der Waals surface area contributed by atoms with Gasteiger partial charge >= 0.3 is 12.5 Å². The van der Waals surface area contributed by atoms with Gasteiger partial charge in [-0.15, -0.1) is 13.2 Å². The fourth-order valence-electron chi connectivity index (χ4n) is 15.3. The first-order chi connectivity index (χ1) is 69.9. The van der Waals surface area contributed by atoms with Crippen LogP contribution in [-0.4, -0.2) is 243 Å². The number of likely N-dealkylation sites (tertiary alicyclic amines) is 1. The maximum absolute atomic E-state index is 13.2. The largest absolute Gasteiger partial charge is 0.573 e. The van der Waals surface area contributed by atoms with Gasteiger partial charge in [0.15, 0.2) is 41.1 Å². The summed E-state index contributed by atoms with van der Waals surface area (Å²) >= 11 is 7.34. The Morgan fingerprint density at radius 2 is 1.05 bits per heavy atom. The van der Waals surface area contributed by atoms with E-state index in [1.54, 1.807) is 156 Å². The van der Waals surface area contributed by atoms with Crippen molar-refractivity contribution in [2.45, 2.75) is 148 Å². The highest BCUT2D eigenvalue weighted by Gasteiger charge is 2.51. The molecule has 4 fully saturated rings. The van der Waals surface area contributed by atoms with Crippen molar-refractivity contribution in [2.75, 3.05) is 69.1 Å². The first-order valence-electron chi connectivity index (χ1n) is 45.2. The Bertz CT molecular complexity index is 6720. The third-order valence-electron chi connectivity index (χ3n) is 22.9. The molecule has 0 radical (unpaired) electrons. The van der Waals surface area contributed by atoms with Crippen molar-refractivity contribution in [1.29, 1.82) is 0 Å². The lowest BCUT2D eigenvalue weighted by molar-refractivity contribution is -0.274. The summed E-state index contributed by atoms with van der Waals surface area (Å²) in [4.78, 5) is 88.0. The number of imide groups is 1. The van der Waals surface area contributed by atoms with E-state index < -0.39 is 144 Å². The highest BCUT2D eigenvalue weighted by atomic mass is 35.5. The Balaban J connectivity index is 0.000000191. The number of hydroxylamine groups is 6. The first-order valence-corrected chi connectivity index (χ1v) is 52.9. The molecular formula is C100H108ClF6N7O30S5. The molecule has 0 saturated carbocycles. The smallest absolute Gasteiger partial charge is 0.491 e. The van der Waals surface area contributed by atoms with Gasteiger partial charge in [0.2, 0.25) is 40.6 Å². The van der Waals surface area contributed by atoms with Gasteiger partial charge in [-0.1, -0.05) is 55.8 Å². The summed E-state index contributed by atoms with van der Waals surface area (Å²) in [5.41, 5.74) is 1.38. The molecule has 7 N–H and O–H groups in total. The minimum Gasteiger partial charge on any atom is -0.491 e. The minimum absolute atomic E-state index is 0.0162. The molecule has 0 spiro atoms. The number of ketones is 1. The van der Waals surface area contributed by atoms with E-state index in [9.17, 15) is 109 Å². The van der Waals surface area contributed by atoms with Crippen molar-refractivity contribution >= 4 is 105 Å². The van der Waals surface area contributed by atoms with Crippen LogP contribution in [-0.2, 0) is 87.3 Å². The first kappa shape index (κ1) is 118. The Morgan fingerprint density at radius 1 is 0.584 bits per heavy atom. The van der Waals surface area contributed by atoms with E-state index in [0.29, 0.717) is 76.2 Å². The van der Waals surface area contributed by atoms with Crippen molar-refractivity contribution < 1.29 is 167 Å². The van der Waals surface area contributed by atoms with E-state index in [0.717, 1.165) is 32.5 Å². The molecule has 0 aliphatic carbocycles. The molecule has 9 aromatic carbocycles. The molecule has 4 saturated heterocycles. The van der Waals surface area contributed by atoms with Gasteiger partial charge in [0, 0.05) is 61.0 Å². The average Bonchev–Trinajstić information content (AvgIpc) is 1.31. The van der Waals surface area contributed by atoms with Crippen LogP contribution in [0.1, 0.15) is 81.6 Å². The second kappa shape index (κ2) is 50.6. The van der Waals surface area contributed by atoms with E-state index in [2.05, 4.69) is 14.5 Å². The number of rotatable bonds is 37. The predicted octanol–water partition coefficient (Wildman–Crippen LogP) is 15.7. The Hall–Kier alpha value is -12.9. The van der Waals surface area contributed by atoms with Gasteiger partial charge < -0.3 is 52.5 Å². The lowest BCUT2D eigenvalue weighted by atomic mass is 9.78. The third-order valence-corrected chi connectivity index (χ3v) is 32.2. The van der Waals surface area contributed by atoms with E-state index in [1.165, 1.54) is 152 Å². The van der Waals surface area contributed by atoms with Crippen LogP contribution in [0.4, 0.5) is 26.3 Å². The van der Waals surface area contributed by atoms with E-state index in [1.807, 2.05) is 0 Å². The number of nitrogens with one attached hydrogen (secondary N) is 2. The normalized spacial score (nSPS) is 16.8. The maximum Gasteiger partial charge on any atom is 0.573 e. The number of hydrogen-bond acceptors (Lipinski definition) is 32. The number of sulfone groups is 3. The standard InChI is InChI=1S/C24H26F2N2O6.C21H22F3NO8S.C20H21ClO6S.C18H21N3O5S2.C17H18FNO5S/c1-23(2)12-21(30)27(22(23)31)13-18(28(32)15-29)14-33-19-8-4-16(5-9-19)17-6-10-20(11-7-17)34-24(3,25)26;1-20(2)30-11-19(33-20)18(25(27)13-26)12-34(28,29)17-9-7-15(8-10-17)31-14-3-5-16(6-4-14)32-21(22,23)24;21-15-4-6-16(7-5-15)27-17-2-1-3-18(12-17)28(24,25)14-20(19(23)13-22)8-10-26-11-9-20;1-18(2)16(17(22)20-23)21(11-12-27-18)28(24,25)15-5-3-13(4-6-15)26-14-7-9-19-10-8-14;1-17(2,16(20)19-21)11-25(22,23)15-9-7-14(8-10-15)24-13-5-3-12(18)4-6-13/h4-11,15,18,32H,12-14H2,1-3H3;3-10,13,18-19,27H,11-12H2,1-2H3;1-7,12,22H,8-11,13-14H2;3-10,16,23H,11-12H2,1-2H3,(H,20,22);3-10,21H,11H2,1-2H3,(H,19,20)/t18-;18-,19-;;16-;/m01.0./s1. The molecule has 37 nitrogen and oxygen atoms in total. The molecule has 149 heavy (non-hydrogen) atoms.